The summed E-state index contributed by atoms with van der Waals surface area (Å²) in [5, 5.41) is 64.4. The molecule has 17 nitrogen and oxygen atoms in total. The molecule has 0 amide bonds. The number of Topliss-reactive ketones (excluding diaryl/α,β-unsaturated/α-hetero) is 2. The molecule has 6 saturated carbocycles. The number of aryl methyl sites for hydroxylation is 2. The molecule has 4 heterocycles. The number of nitrogens with zero attached hydrogens (tertiary/aromatic N) is 4. The number of pyridine rings is 4. The maximum absolute atomic E-state index is 17.4. The maximum atomic E-state index is 17.4. The second kappa shape index (κ2) is 36.3. The molecule has 21 heteroatoms. The van der Waals surface area contributed by atoms with E-state index in [1.807, 2.05) is 24.8 Å². The zero-order valence-corrected chi connectivity index (χ0v) is 68.6. The van der Waals surface area contributed by atoms with Crippen LogP contribution in [0.1, 0.15) is 244 Å². The number of aliphatic hydroxyl groups excluding tert-OH is 3. The number of aliphatic carboxylic acids is 1. The summed E-state index contributed by atoms with van der Waals surface area (Å²) in [6.07, 6.45) is 34.7. The Balaban J connectivity index is 0.000000225. The predicted molar refractivity (Wildman–Crippen MR) is 402 cm³/mol. The van der Waals surface area contributed by atoms with E-state index in [1.165, 1.54) is 46.6 Å². The number of aliphatic hydroxyl groups is 5. The number of carbonyl (C=O) groups excluding carboxylic acids is 5. The van der Waals surface area contributed by atoms with Gasteiger partial charge in [-0.2, -0.15) is 0 Å². The summed E-state index contributed by atoms with van der Waals surface area (Å²) >= 11 is 0. The third-order valence-electron chi connectivity index (χ3n) is 28.0. The Morgan fingerprint density at radius 1 is 0.569 bits per heavy atom. The first kappa shape index (κ1) is 88.4. The number of halogens is 4. The topological polar surface area (TPSA) is 267 Å². The van der Waals surface area contributed by atoms with E-state index in [4.69, 9.17) is 9.84 Å². The van der Waals surface area contributed by atoms with Gasteiger partial charge in [0.05, 0.1) is 12.2 Å². The third-order valence-corrected chi connectivity index (χ3v) is 28.0. The summed E-state index contributed by atoms with van der Waals surface area (Å²) in [6.45, 7) is 20.1. The second-order valence-electron chi connectivity index (χ2n) is 33.8. The first-order valence-corrected chi connectivity index (χ1v) is 39.6. The first-order valence-electron chi connectivity index (χ1n) is 39.6. The summed E-state index contributed by atoms with van der Waals surface area (Å²) in [5.41, 5.74) is -5.24. The molecule has 0 aromatic carbocycles. The van der Waals surface area contributed by atoms with Gasteiger partial charge in [0.2, 0.25) is 5.78 Å². The van der Waals surface area contributed by atoms with Crippen LogP contribution in [0.2, 0.25) is 0 Å². The molecule has 109 heavy (non-hydrogen) atoms. The molecule has 0 spiro atoms. The zero-order valence-electron chi connectivity index (χ0n) is 65.4. The Labute approximate surface area is 664 Å². The minimum absolute atomic E-state index is 0. The number of fused-ring (bicyclic) bond motifs is 10. The maximum Gasteiger partial charge on any atom is 0.306 e. The van der Waals surface area contributed by atoms with E-state index in [0.717, 1.165) is 70.9 Å². The minimum Gasteiger partial charge on any atom is -1.00 e. The lowest BCUT2D eigenvalue weighted by molar-refractivity contribution is -0.697. The number of rotatable bonds is 27. The molecule has 5 unspecified atom stereocenters. The number of carbonyl (C=O) groups is 6. The fourth-order valence-electron chi connectivity index (χ4n) is 21.6. The van der Waals surface area contributed by atoms with Crippen molar-refractivity contribution < 1.29 is 116 Å². The largest absolute Gasteiger partial charge is 1.00 e. The fraction of sp³-hybridized carbons (Fsp3) is 0.614. The number of alkyl halides is 2. The van der Waals surface area contributed by atoms with Crippen LogP contribution in [0, 0.1) is 57.2 Å². The SMILES string of the molecule is CCC(CC(C)c1ccncc1)c1cc[n+](CCCCCC(=O)O)cc1.CCC(CC(C)c1ccncc1)c1cc[n+](CCCCCC(=O)OCC(=O)[C@]2(O)[C@@H](C)C[C@@H]3C4CCC5=CC(=O)C=C[C@@]5(C)[C@]4(F)[C@H](O)C[C@]32C)cc1.C[C@H]1C[C@@H]2[C@H]3CCC4=CC(=O)C=C[C@@]4(C)[C@]3(F)[C@H](O)C[C@@]2(C)[C@]1(O)C(=O)CO.[Br-].[Br-]. The first-order chi connectivity index (χ1) is 50.7. The van der Waals surface area contributed by atoms with E-state index in [9.17, 15) is 54.3 Å². The Morgan fingerprint density at radius 3 is 1.33 bits per heavy atom. The summed E-state index contributed by atoms with van der Waals surface area (Å²) < 4.78 is 44.1. The van der Waals surface area contributed by atoms with Crippen molar-refractivity contribution in [3.05, 3.63) is 168 Å². The lowest BCUT2D eigenvalue weighted by atomic mass is 9.44. The fourth-order valence-corrected chi connectivity index (χ4v) is 21.6. The lowest BCUT2D eigenvalue weighted by Crippen LogP contribution is -3.00. The van der Waals surface area contributed by atoms with Crippen LogP contribution < -0.4 is 43.1 Å². The molecule has 6 fully saturated rings. The highest BCUT2D eigenvalue weighted by Gasteiger charge is 2.77. The number of allylic oxidation sites excluding steroid dienone is 8. The molecule has 0 saturated heterocycles. The van der Waals surface area contributed by atoms with Gasteiger partial charge in [0, 0.05) is 108 Å². The van der Waals surface area contributed by atoms with E-state index in [1.54, 1.807) is 53.7 Å². The van der Waals surface area contributed by atoms with Crippen LogP contribution >= 0.6 is 0 Å². The molecular weight excluding hydrogens is 1520 g/mol. The second-order valence-corrected chi connectivity index (χ2v) is 33.8. The number of carboxylic acid groups (broad SMARTS) is 1. The van der Waals surface area contributed by atoms with Crippen LogP contribution in [-0.4, -0.2) is 124 Å². The average molecular weight is 1640 g/mol. The Morgan fingerprint density at radius 2 is 0.954 bits per heavy atom. The lowest BCUT2D eigenvalue weighted by Gasteiger charge is -2.62. The molecule has 12 rings (SSSR count). The van der Waals surface area contributed by atoms with Crippen molar-refractivity contribution in [2.75, 3.05) is 13.2 Å². The van der Waals surface area contributed by atoms with Crippen LogP contribution in [0.25, 0.3) is 0 Å². The van der Waals surface area contributed by atoms with Gasteiger partial charge in [-0.1, -0.05) is 78.7 Å². The van der Waals surface area contributed by atoms with E-state index < -0.39 is 117 Å². The van der Waals surface area contributed by atoms with Gasteiger partial charge in [0.15, 0.2) is 60.1 Å². The molecule has 20 atom stereocenters. The highest BCUT2D eigenvalue weighted by molar-refractivity contribution is 6.02. The van der Waals surface area contributed by atoms with Gasteiger partial charge < -0.3 is 69.3 Å². The highest BCUT2D eigenvalue weighted by atomic mass is 79.9. The van der Waals surface area contributed by atoms with Crippen LogP contribution in [0.4, 0.5) is 8.78 Å². The van der Waals surface area contributed by atoms with Crippen LogP contribution in [0.5, 0.6) is 0 Å². The Kier molecular flexibility index (Phi) is 29.4. The molecule has 596 valence electrons. The van der Waals surface area contributed by atoms with Gasteiger partial charge in [-0.3, -0.25) is 38.7 Å². The molecule has 8 aliphatic carbocycles. The number of esters is 1. The van der Waals surface area contributed by atoms with Crippen LogP contribution in [-0.2, 0) is 46.6 Å². The van der Waals surface area contributed by atoms with Gasteiger partial charge in [0.25, 0.3) is 0 Å². The van der Waals surface area contributed by atoms with Gasteiger partial charge >= 0.3 is 11.9 Å². The summed E-state index contributed by atoms with van der Waals surface area (Å²) in [5.74, 6) is -3.56. The molecule has 6 N–H and O–H groups in total. The summed E-state index contributed by atoms with van der Waals surface area (Å²) in [4.78, 5) is 81.8. The van der Waals surface area contributed by atoms with E-state index in [2.05, 4.69) is 120 Å². The number of aromatic nitrogens is 4. The Hall–Kier alpha value is -6.20. The number of unbranched alkanes of at least 4 members (excludes halogenated alkanes) is 4. The standard InChI is InChI=1S/C44H58FN2O6.C22H29FO5.C22H30N2O2.2BrH/c1-6-31(24-29(2)32-14-19-46-20-15-32)33-16-22-47(23-17-33)21-9-7-8-10-40(51)53-28-39(50)44(52)30(3)25-37-36-12-11-34-26-35(48)13-18-41(34,4)43(36,45)38(49)27-42(37,44)5;1-12-8-16-15-5-4-13-9-14(25)6-7-19(13,2)21(15,23)17(26)10-20(16,3)22(12,28)18(27)11-24;1-3-19(17-18(2)20-8-12-23-13-9-20)21-10-15-24(16-11-21)14-6-4-5-7-22(25)26;;/h13-20,22-23,26,29-31,36-38,49,52H,6-12,21,24-25,27-28H2,1-5H3;6-7,9,12,15-17,24,26,28H,4-5,8,10-11H2,1-3H3;8-13,15-16,18-19H,3-7,14,17H2,1-2H3;2*1H/q+1;;;;/p-1/t29?,30-,31?,36?,37+,38+,41+,42+,43+,44+;12-,15+,16+,17+,19+,20+,21+,22+;;;/m00.../s1. The molecular formula is C88H118Br2F2N4O13. The van der Waals surface area contributed by atoms with Crippen LogP contribution in [0.3, 0.4) is 0 Å². The molecule has 4 aromatic rings. The smallest absolute Gasteiger partial charge is 0.306 e. The third kappa shape index (κ3) is 16.9. The van der Waals surface area contributed by atoms with E-state index in [0.29, 0.717) is 79.8 Å². The molecule has 0 radical (unpaired) electrons. The summed E-state index contributed by atoms with van der Waals surface area (Å²) in [6, 6.07) is 17.3. The highest BCUT2D eigenvalue weighted by Crippen LogP contribution is 2.73. The predicted octanol–water partition coefficient (Wildman–Crippen LogP) is 7.68. The Bertz CT molecular complexity index is 3960. The van der Waals surface area contributed by atoms with E-state index >= 15 is 8.78 Å². The number of hydrogen-bond donors (Lipinski definition) is 6. The average Bonchev–Trinajstić information content (AvgIpc) is 1.61. The van der Waals surface area contributed by atoms with Gasteiger partial charge in [-0.05, 0) is 235 Å². The molecule has 4 aromatic heterocycles. The molecule has 0 aliphatic heterocycles. The van der Waals surface area contributed by atoms with Gasteiger partial charge in [0.1, 0.15) is 30.9 Å². The summed E-state index contributed by atoms with van der Waals surface area (Å²) in [7, 11) is 0. The van der Waals surface area contributed by atoms with Gasteiger partial charge in [-0.15, -0.1) is 0 Å². The van der Waals surface area contributed by atoms with Crippen molar-refractivity contribution in [3.63, 3.8) is 0 Å². The van der Waals surface area contributed by atoms with Crippen molar-refractivity contribution in [1.82, 2.24) is 9.97 Å². The van der Waals surface area contributed by atoms with E-state index in [-0.39, 0.29) is 83.0 Å². The molecule has 8 aliphatic rings. The van der Waals surface area contributed by atoms with Crippen molar-refractivity contribution >= 4 is 35.1 Å². The van der Waals surface area contributed by atoms with Crippen LogP contribution in [0.15, 0.2) is 146 Å². The van der Waals surface area contributed by atoms with Crippen molar-refractivity contribution in [3.8, 4) is 0 Å². The molecule has 0 bridgehead atoms. The number of hydrogen-bond acceptors (Lipinski definition) is 14. The minimum atomic E-state index is -2.04. The number of carboxylic acids is 1. The van der Waals surface area contributed by atoms with Crippen molar-refractivity contribution in [1.29, 1.82) is 0 Å². The van der Waals surface area contributed by atoms with Crippen molar-refractivity contribution in [2.24, 2.45) is 57.2 Å². The number of ether oxygens (including phenoxy) is 1. The van der Waals surface area contributed by atoms with Gasteiger partial charge in [-0.25, -0.2) is 17.9 Å². The number of ketones is 4. The quantitative estimate of drug-likeness (QED) is 0.0190. The van der Waals surface area contributed by atoms with Crippen molar-refractivity contribution in [2.45, 2.75) is 269 Å². The monoisotopic (exact) mass is 1630 g/mol. The zero-order chi connectivity index (χ0) is 77.7. The normalized spacial score (nSPS) is 33.4.